The first-order valence-electron chi connectivity index (χ1n) is 8.74. The zero-order chi connectivity index (χ0) is 20.0. The first-order chi connectivity index (χ1) is 13.5. The Morgan fingerprint density at radius 1 is 1.21 bits per heavy atom. The zero-order valence-corrected chi connectivity index (χ0v) is 16.8. The molecule has 0 aliphatic rings. The van der Waals surface area contributed by atoms with Gasteiger partial charge in [0.15, 0.2) is 5.82 Å². The topological polar surface area (TPSA) is 114 Å². The minimum Gasteiger partial charge on any atom is -0.356 e. The Hall–Kier alpha value is -2.72. The van der Waals surface area contributed by atoms with E-state index in [4.69, 9.17) is 4.52 Å². The highest BCUT2D eigenvalue weighted by Crippen LogP contribution is 2.23. The Morgan fingerprint density at radius 2 is 2.00 bits per heavy atom. The van der Waals surface area contributed by atoms with Crippen molar-refractivity contribution in [2.75, 3.05) is 11.3 Å². The van der Waals surface area contributed by atoms with Crippen LogP contribution in [0.4, 0.5) is 5.69 Å². The van der Waals surface area contributed by atoms with E-state index in [0.29, 0.717) is 23.6 Å². The molecule has 3 rings (SSSR count). The van der Waals surface area contributed by atoms with Gasteiger partial charge in [0.1, 0.15) is 4.21 Å². The molecule has 0 fully saturated rings. The molecule has 0 atom stereocenters. The summed E-state index contributed by atoms with van der Waals surface area (Å²) in [6, 6.07) is 9.79. The average molecular weight is 421 g/mol. The Morgan fingerprint density at radius 3 is 2.68 bits per heavy atom. The van der Waals surface area contributed by atoms with Crippen molar-refractivity contribution in [1.82, 2.24) is 15.5 Å². The van der Waals surface area contributed by atoms with E-state index in [2.05, 4.69) is 27.1 Å². The first kappa shape index (κ1) is 20.0. The summed E-state index contributed by atoms with van der Waals surface area (Å²) >= 11 is 1.15. The summed E-state index contributed by atoms with van der Waals surface area (Å²) in [5, 5.41) is 8.32. The van der Waals surface area contributed by atoms with Gasteiger partial charge in [-0.2, -0.15) is 4.98 Å². The van der Waals surface area contributed by atoms with Crippen LogP contribution in [0.25, 0.3) is 11.5 Å². The highest BCUT2D eigenvalue weighted by molar-refractivity contribution is 7.94. The van der Waals surface area contributed by atoms with Crippen LogP contribution in [0, 0.1) is 0 Å². The molecule has 2 heterocycles. The van der Waals surface area contributed by atoms with Crippen molar-refractivity contribution in [1.29, 1.82) is 0 Å². The van der Waals surface area contributed by atoms with Crippen LogP contribution in [0.5, 0.6) is 0 Å². The average Bonchev–Trinajstić information content (AvgIpc) is 3.35. The molecule has 1 aromatic carbocycles. The largest absolute Gasteiger partial charge is 0.356 e. The predicted molar refractivity (Wildman–Crippen MR) is 106 cm³/mol. The Labute approximate surface area is 167 Å². The van der Waals surface area contributed by atoms with E-state index in [9.17, 15) is 13.2 Å². The van der Waals surface area contributed by atoms with Crippen molar-refractivity contribution >= 4 is 33.0 Å². The minimum atomic E-state index is -3.59. The number of carbonyl (C=O) groups excluding carboxylic acids is 1. The zero-order valence-electron chi connectivity index (χ0n) is 15.2. The van der Waals surface area contributed by atoms with Crippen molar-refractivity contribution < 1.29 is 17.7 Å². The van der Waals surface area contributed by atoms with Gasteiger partial charge in [-0.05, 0) is 42.1 Å². The molecule has 1 amide bonds. The van der Waals surface area contributed by atoms with E-state index in [-0.39, 0.29) is 22.4 Å². The number of nitrogens with one attached hydrogen (secondary N) is 2. The predicted octanol–water partition coefficient (Wildman–Crippen LogP) is 3.06. The number of aromatic nitrogens is 2. The fourth-order valence-electron chi connectivity index (χ4n) is 2.36. The van der Waals surface area contributed by atoms with Crippen LogP contribution in [0.2, 0.25) is 0 Å². The molecule has 0 saturated carbocycles. The number of hydrogen-bond donors (Lipinski definition) is 2. The number of carbonyl (C=O) groups is 1. The van der Waals surface area contributed by atoms with E-state index < -0.39 is 10.0 Å². The molecule has 148 valence electrons. The summed E-state index contributed by atoms with van der Waals surface area (Å²) in [6.07, 6.45) is 1.98. The number of rotatable bonds is 9. The minimum absolute atomic E-state index is 0.0475. The molecule has 0 aliphatic carbocycles. The molecule has 10 heteroatoms. The highest BCUT2D eigenvalue weighted by Gasteiger charge is 2.16. The number of benzene rings is 1. The van der Waals surface area contributed by atoms with Gasteiger partial charge < -0.3 is 9.84 Å². The third kappa shape index (κ3) is 5.17. The maximum Gasteiger partial charge on any atom is 0.271 e. The van der Waals surface area contributed by atoms with Crippen LogP contribution in [-0.4, -0.2) is 31.0 Å². The summed E-state index contributed by atoms with van der Waals surface area (Å²) < 4.78 is 32.4. The second kappa shape index (κ2) is 8.98. The van der Waals surface area contributed by atoms with Gasteiger partial charge in [-0.3, -0.25) is 9.52 Å². The quantitative estimate of drug-likeness (QED) is 0.514. The van der Waals surface area contributed by atoms with Crippen LogP contribution >= 0.6 is 11.3 Å². The second-order valence-corrected chi connectivity index (χ2v) is 8.87. The molecular weight excluding hydrogens is 400 g/mol. The van der Waals surface area contributed by atoms with Crippen LogP contribution in [-0.2, 0) is 21.2 Å². The normalized spacial score (nSPS) is 11.3. The van der Waals surface area contributed by atoms with Gasteiger partial charge in [-0.1, -0.05) is 24.6 Å². The first-order valence-corrected chi connectivity index (χ1v) is 11.1. The van der Waals surface area contributed by atoms with Crippen molar-refractivity contribution in [2.45, 2.75) is 30.4 Å². The number of sulfonamides is 1. The number of hydrogen-bond acceptors (Lipinski definition) is 7. The summed E-state index contributed by atoms with van der Waals surface area (Å²) in [4.78, 5) is 16.0. The Kier molecular flexibility index (Phi) is 6.42. The maximum absolute atomic E-state index is 12.2. The molecule has 2 N–H and O–H groups in total. The van der Waals surface area contributed by atoms with E-state index in [1.807, 2.05) is 0 Å². The molecule has 0 bridgehead atoms. The third-order valence-electron chi connectivity index (χ3n) is 3.78. The molecule has 2 aromatic heterocycles. The van der Waals surface area contributed by atoms with Gasteiger partial charge in [0.2, 0.25) is 5.91 Å². The Bertz CT molecular complexity index is 1010. The molecule has 28 heavy (non-hydrogen) atoms. The molecule has 3 aromatic rings. The standard InChI is InChI=1S/C18H20N4O4S2/c1-2-3-10-19-16(23)12-15-20-18(26-21-15)13-6-8-14(9-7-13)22-28(24,25)17-5-4-11-27-17/h4-9,11,22H,2-3,10,12H2,1H3,(H,19,23). The molecule has 0 radical (unpaired) electrons. The van der Waals surface area contributed by atoms with E-state index in [1.165, 1.54) is 0 Å². The van der Waals surface area contributed by atoms with Crippen molar-refractivity contribution in [2.24, 2.45) is 0 Å². The monoisotopic (exact) mass is 420 g/mol. The second-order valence-electron chi connectivity index (χ2n) is 6.01. The lowest BCUT2D eigenvalue weighted by atomic mass is 10.2. The Balaban J connectivity index is 1.62. The smallest absolute Gasteiger partial charge is 0.271 e. The van der Waals surface area contributed by atoms with Crippen LogP contribution < -0.4 is 10.0 Å². The molecule has 0 spiro atoms. The SMILES string of the molecule is CCCCNC(=O)Cc1noc(-c2ccc(NS(=O)(=O)c3cccs3)cc2)n1. The third-order valence-corrected chi connectivity index (χ3v) is 6.56. The van der Waals surface area contributed by atoms with Gasteiger partial charge in [0.25, 0.3) is 15.9 Å². The van der Waals surface area contributed by atoms with Crippen LogP contribution in [0.1, 0.15) is 25.6 Å². The summed E-state index contributed by atoms with van der Waals surface area (Å²) in [6.45, 7) is 2.68. The lowest BCUT2D eigenvalue weighted by Crippen LogP contribution is -2.26. The van der Waals surface area contributed by atoms with Crippen molar-refractivity contribution in [3.63, 3.8) is 0 Å². The lowest BCUT2D eigenvalue weighted by Gasteiger charge is -2.06. The molecular formula is C18H20N4O4S2. The van der Waals surface area contributed by atoms with Gasteiger partial charge in [-0.15, -0.1) is 11.3 Å². The summed E-state index contributed by atoms with van der Waals surface area (Å²) in [5.41, 5.74) is 1.05. The number of thiophene rings is 1. The molecule has 0 unspecified atom stereocenters. The van der Waals surface area contributed by atoms with E-state index in [0.717, 1.165) is 24.2 Å². The molecule has 0 saturated heterocycles. The number of anilines is 1. The highest BCUT2D eigenvalue weighted by atomic mass is 32.2. The van der Waals surface area contributed by atoms with Crippen LogP contribution in [0.3, 0.4) is 0 Å². The fourth-order valence-corrected chi connectivity index (χ4v) is 4.41. The molecule has 0 aliphatic heterocycles. The number of amides is 1. The van der Waals surface area contributed by atoms with Crippen LogP contribution in [0.15, 0.2) is 50.5 Å². The van der Waals surface area contributed by atoms with Crippen molar-refractivity contribution in [3.8, 4) is 11.5 Å². The van der Waals surface area contributed by atoms with Gasteiger partial charge in [-0.25, -0.2) is 8.42 Å². The summed E-state index contributed by atoms with van der Waals surface area (Å²) in [5.74, 6) is 0.412. The lowest BCUT2D eigenvalue weighted by molar-refractivity contribution is -0.120. The maximum atomic E-state index is 12.2. The number of nitrogens with zero attached hydrogens (tertiary/aromatic N) is 2. The molecule has 8 nitrogen and oxygen atoms in total. The summed E-state index contributed by atoms with van der Waals surface area (Å²) in [7, 11) is -3.59. The van der Waals surface area contributed by atoms with Gasteiger partial charge in [0, 0.05) is 17.8 Å². The van der Waals surface area contributed by atoms with Gasteiger partial charge in [0.05, 0.1) is 6.42 Å². The van der Waals surface area contributed by atoms with E-state index in [1.54, 1.807) is 41.8 Å². The fraction of sp³-hybridized carbons (Fsp3) is 0.278. The van der Waals surface area contributed by atoms with Gasteiger partial charge >= 0.3 is 0 Å². The van der Waals surface area contributed by atoms with E-state index >= 15 is 0 Å². The van der Waals surface area contributed by atoms with Crippen molar-refractivity contribution in [3.05, 3.63) is 47.6 Å². The number of unbranched alkanes of at least 4 members (excludes halogenated alkanes) is 1.